The minimum Gasteiger partial charge on any atom is -0.494 e. The summed E-state index contributed by atoms with van der Waals surface area (Å²) in [4.78, 5) is 11.9. The summed E-state index contributed by atoms with van der Waals surface area (Å²) in [5.74, 6) is 0.758. The third kappa shape index (κ3) is 3.55. The second-order valence-corrected chi connectivity index (χ2v) is 4.30. The molecule has 0 bridgehead atoms. The van der Waals surface area contributed by atoms with E-state index in [4.69, 9.17) is 14.2 Å². The van der Waals surface area contributed by atoms with E-state index in [9.17, 15) is 4.79 Å². The van der Waals surface area contributed by atoms with Crippen molar-refractivity contribution in [2.24, 2.45) is 0 Å². The van der Waals surface area contributed by atoms with Crippen LogP contribution < -0.4 is 9.47 Å². The van der Waals surface area contributed by atoms with Crippen LogP contribution in [0, 0.1) is 0 Å². The van der Waals surface area contributed by atoms with Crippen LogP contribution in [0.5, 0.6) is 11.5 Å². The van der Waals surface area contributed by atoms with Gasteiger partial charge in [-0.3, -0.25) is 0 Å². The lowest BCUT2D eigenvalue weighted by atomic mass is 10.1. The number of carbonyl (C=O) groups is 1. The zero-order valence-corrected chi connectivity index (χ0v) is 12.9. The minimum atomic E-state index is -0.522. The molecule has 0 radical (unpaired) electrons. The van der Waals surface area contributed by atoms with E-state index in [1.165, 1.54) is 0 Å². The quantitative estimate of drug-likeness (QED) is 0.791. The molecule has 0 unspecified atom stereocenters. The van der Waals surface area contributed by atoms with Crippen molar-refractivity contribution in [3.8, 4) is 22.8 Å². The highest BCUT2D eigenvalue weighted by Gasteiger charge is 2.20. The molecule has 0 spiro atoms. The largest absolute Gasteiger partial charge is 0.494 e. The van der Waals surface area contributed by atoms with Crippen molar-refractivity contribution in [3.63, 3.8) is 0 Å². The molecule has 0 atom stereocenters. The van der Waals surface area contributed by atoms with Gasteiger partial charge in [0.1, 0.15) is 17.2 Å². The third-order valence-electron chi connectivity index (χ3n) is 2.79. The molecular weight excluding hydrogens is 286 g/mol. The van der Waals surface area contributed by atoms with Crippen LogP contribution in [0.25, 0.3) is 11.3 Å². The summed E-state index contributed by atoms with van der Waals surface area (Å²) in [5, 5.41) is 10.4. The number of ether oxygens (including phenoxy) is 3. The molecule has 1 aromatic heterocycles. The van der Waals surface area contributed by atoms with Gasteiger partial charge in [0.15, 0.2) is 5.69 Å². The molecule has 0 aliphatic carbocycles. The molecular formula is C15H19N3O4. The first-order chi connectivity index (χ1) is 10.7. The van der Waals surface area contributed by atoms with Crippen LogP contribution >= 0.6 is 0 Å². The summed E-state index contributed by atoms with van der Waals surface area (Å²) in [6, 6.07) is 5.36. The van der Waals surface area contributed by atoms with Gasteiger partial charge in [0.05, 0.1) is 19.8 Å². The molecule has 0 amide bonds. The van der Waals surface area contributed by atoms with Gasteiger partial charge in [-0.25, -0.2) is 4.79 Å². The molecule has 2 aromatic rings. The molecule has 22 heavy (non-hydrogen) atoms. The van der Waals surface area contributed by atoms with Gasteiger partial charge in [0, 0.05) is 11.6 Å². The standard InChI is InChI=1S/C15H19N3O4/c1-4-20-11-7-10(8-12(9-11)21-5-2)13-14(17-18-16-13)15(19)22-6-3/h7-9H,4-6H2,1-3H3,(H,16,17,18). The van der Waals surface area contributed by atoms with E-state index in [2.05, 4.69) is 15.4 Å². The number of aromatic amines is 1. The maximum absolute atomic E-state index is 11.9. The minimum absolute atomic E-state index is 0.137. The summed E-state index contributed by atoms with van der Waals surface area (Å²) in [6.45, 7) is 6.85. The topological polar surface area (TPSA) is 86.3 Å². The Morgan fingerprint density at radius 3 is 2.18 bits per heavy atom. The number of carbonyl (C=O) groups excluding carboxylic acids is 1. The average Bonchev–Trinajstić information content (AvgIpc) is 2.97. The molecule has 7 heteroatoms. The molecule has 0 saturated heterocycles. The zero-order valence-electron chi connectivity index (χ0n) is 12.9. The van der Waals surface area contributed by atoms with Gasteiger partial charge in [-0.2, -0.15) is 10.3 Å². The third-order valence-corrected chi connectivity index (χ3v) is 2.79. The normalized spacial score (nSPS) is 10.3. The Bertz CT molecular complexity index is 615. The fourth-order valence-corrected chi connectivity index (χ4v) is 1.98. The smallest absolute Gasteiger partial charge is 0.361 e. The molecule has 2 rings (SSSR count). The first-order valence-corrected chi connectivity index (χ1v) is 7.18. The van der Waals surface area contributed by atoms with E-state index in [0.717, 1.165) is 0 Å². The van der Waals surface area contributed by atoms with Crippen molar-refractivity contribution in [1.82, 2.24) is 15.4 Å². The Balaban J connectivity index is 2.43. The van der Waals surface area contributed by atoms with Crippen molar-refractivity contribution in [1.29, 1.82) is 0 Å². The van der Waals surface area contributed by atoms with Gasteiger partial charge in [0.2, 0.25) is 0 Å². The van der Waals surface area contributed by atoms with Crippen LogP contribution in [0.1, 0.15) is 31.3 Å². The molecule has 1 heterocycles. The Kier molecular flexibility index (Phi) is 5.35. The monoisotopic (exact) mass is 305 g/mol. The number of rotatable bonds is 7. The summed E-state index contributed by atoms with van der Waals surface area (Å²) in [7, 11) is 0. The van der Waals surface area contributed by atoms with E-state index in [1.54, 1.807) is 25.1 Å². The van der Waals surface area contributed by atoms with Crippen molar-refractivity contribution in [2.75, 3.05) is 19.8 Å². The first-order valence-electron chi connectivity index (χ1n) is 7.18. The molecule has 7 nitrogen and oxygen atoms in total. The molecule has 1 aromatic carbocycles. The highest BCUT2D eigenvalue weighted by atomic mass is 16.5. The zero-order chi connectivity index (χ0) is 15.9. The van der Waals surface area contributed by atoms with Crippen LogP contribution in [0.2, 0.25) is 0 Å². The number of esters is 1. The van der Waals surface area contributed by atoms with Crippen molar-refractivity contribution >= 4 is 5.97 Å². The van der Waals surface area contributed by atoms with Crippen LogP contribution in [0.3, 0.4) is 0 Å². The fraction of sp³-hybridized carbons (Fsp3) is 0.400. The van der Waals surface area contributed by atoms with E-state index in [-0.39, 0.29) is 12.3 Å². The second kappa shape index (κ2) is 7.44. The highest BCUT2D eigenvalue weighted by molar-refractivity contribution is 5.94. The second-order valence-electron chi connectivity index (χ2n) is 4.30. The summed E-state index contributed by atoms with van der Waals surface area (Å²) >= 11 is 0. The lowest BCUT2D eigenvalue weighted by molar-refractivity contribution is 0.0520. The van der Waals surface area contributed by atoms with E-state index < -0.39 is 5.97 Å². The molecule has 1 N–H and O–H groups in total. The number of aromatic nitrogens is 3. The molecule has 0 saturated carbocycles. The van der Waals surface area contributed by atoms with E-state index in [0.29, 0.717) is 36.0 Å². The summed E-state index contributed by atoms with van der Waals surface area (Å²) in [6.07, 6.45) is 0. The van der Waals surface area contributed by atoms with Crippen LogP contribution in [0.15, 0.2) is 18.2 Å². The Morgan fingerprint density at radius 2 is 1.64 bits per heavy atom. The molecule has 0 aliphatic heterocycles. The Labute approximate surface area is 128 Å². The number of nitrogens with zero attached hydrogens (tertiary/aromatic N) is 2. The Morgan fingerprint density at radius 1 is 1.00 bits per heavy atom. The summed E-state index contributed by atoms with van der Waals surface area (Å²) < 4.78 is 16.0. The summed E-state index contributed by atoms with van der Waals surface area (Å²) in [5.41, 5.74) is 1.21. The fourth-order valence-electron chi connectivity index (χ4n) is 1.98. The number of hydrogen-bond donors (Lipinski definition) is 1. The number of benzene rings is 1. The Hall–Kier alpha value is -2.57. The predicted octanol–water partition coefficient (Wildman–Crippen LogP) is 2.45. The average molecular weight is 305 g/mol. The van der Waals surface area contributed by atoms with E-state index >= 15 is 0 Å². The lowest BCUT2D eigenvalue weighted by Crippen LogP contribution is -2.07. The lowest BCUT2D eigenvalue weighted by Gasteiger charge is -2.10. The molecule has 0 fully saturated rings. The van der Waals surface area contributed by atoms with E-state index in [1.807, 2.05) is 13.8 Å². The first kappa shape index (κ1) is 15.8. The predicted molar refractivity (Wildman–Crippen MR) is 80.1 cm³/mol. The number of H-pyrrole nitrogens is 1. The molecule has 0 aliphatic rings. The van der Waals surface area contributed by atoms with Crippen LogP contribution in [-0.4, -0.2) is 41.2 Å². The van der Waals surface area contributed by atoms with Gasteiger partial charge in [-0.05, 0) is 32.9 Å². The molecule has 118 valence electrons. The van der Waals surface area contributed by atoms with Gasteiger partial charge in [-0.15, -0.1) is 5.10 Å². The van der Waals surface area contributed by atoms with Crippen LogP contribution in [-0.2, 0) is 4.74 Å². The van der Waals surface area contributed by atoms with Crippen LogP contribution in [0.4, 0.5) is 0 Å². The van der Waals surface area contributed by atoms with Gasteiger partial charge in [0.25, 0.3) is 0 Å². The van der Waals surface area contributed by atoms with Gasteiger partial charge >= 0.3 is 5.97 Å². The number of nitrogens with one attached hydrogen (secondary N) is 1. The van der Waals surface area contributed by atoms with Gasteiger partial charge in [-0.1, -0.05) is 0 Å². The highest BCUT2D eigenvalue weighted by Crippen LogP contribution is 2.30. The van der Waals surface area contributed by atoms with Crippen molar-refractivity contribution in [2.45, 2.75) is 20.8 Å². The SMILES string of the molecule is CCOC(=O)c1n[nH]nc1-c1cc(OCC)cc(OCC)c1. The van der Waals surface area contributed by atoms with Crippen molar-refractivity contribution in [3.05, 3.63) is 23.9 Å². The van der Waals surface area contributed by atoms with Gasteiger partial charge < -0.3 is 14.2 Å². The number of hydrogen-bond acceptors (Lipinski definition) is 6. The maximum Gasteiger partial charge on any atom is 0.361 e. The maximum atomic E-state index is 11.9. The van der Waals surface area contributed by atoms with Crippen molar-refractivity contribution < 1.29 is 19.0 Å².